The Morgan fingerprint density at radius 1 is 1.06 bits per heavy atom. The summed E-state index contributed by atoms with van der Waals surface area (Å²) in [5, 5.41) is 7.49. The van der Waals surface area contributed by atoms with Crippen LogP contribution in [0.4, 0.5) is 5.69 Å². The second-order valence-corrected chi connectivity index (χ2v) is 8.24. The quantitative estimate of drug-likeness (QED) is 0.327. The molecule has 7 nitrogen and oxygen atoms in total. The van der Waals surface area contributed by atoms with Crippen LogP contribution in [0, 0.1) is 0 Å². The third kappa shape index (κ3) is 6.11. The second kappa shape index (κ2) is 11.8. The van der Waals surface area contributed by atoms with Gasteiger partial charge in [0, 0.05) is 56.0 Å². The molecule has 2 heterocycles. The van der Waals surface area contributed by atoms with Crippen molar-refractivity contribution < 1.29 is 9.47 Å². The molecule has 0 aromatic heterocycles. The topological polar surface area (TPSA) is 61.4 Å². The van der Waals surface area contributed by atoms with Crippen LogP contribution in [0.1, 0.15) is 5.56 Å². The zero-order valence-electron chi connectivity index (χ0n) is 18.5. The molecule has 32 heavy (non-hydrogen) atoms. The molecular formula is C23H31ClIN5O2. The molecule has 1 fully saturated rings. The fraction of sp³-hybridized carbons (Fsp3) is 0.435. The van der Waals surface area contributed by atoms with E-state index in [0.29, 0.717) is 25.7 Å². The predicted molar refractivity (Wildman–Crippen MR) is 141 cm³/mol. The molecule has 0 spiro atoms. The highest BCUT2D eigenvalue weighted by Gasteiger charge is 2.21. The van der Waals surface area contributed by atoms with E-state index < -0.39 is 0 Å². The van der Waals surface area contributed by atoms with Gasteiger partial charge in [-0.05, 0) is 31.3 Å². The molecule has 0 saturated carbocycles. The first-order valence-electron chi connectivity index (χ1n) is 10.7. The number of para-hydroxylation sites is 2. The number of nitrogens with zero attached hydrogens (tertiary/aromatic N) is 3. The third-order valence-corrected chi connectivity index (χ3v) is 6.01. The van der Waals surface area contributed by atoms with Gasteiger partial charge in [0.15, 0.2) is 17.5 Å². The van der Waals surface area contributed by atoms with Crippen molar-refractivity contribution in [2.75, 3.05) is 58.3 Å². The Hall–Kier alpha value is -1.91. The molecule has 0 bridgehead atoms. The number of rotatable bonds is 5. The van der Waals surface area contributed by atoms with Gasteiger partial charge in [0.1, 0.15) is 12.7 Å². The summed E-state index contributed by atoms with van der Waals surface area (Å²) < 4.78 is 11.8. The maximum absolute atomic E-state index is 6.58. The standard InChI is InChI=1S/C23H30ClN5O2.HI/c1-25-23(26-14-17-16-30-21-8-3-4-9-22(21)31-17)27-15-18-19(24)6-5-7-20(18)29-12-10-28(2)11-13-29;/h3-9,17H,10-16H2,1-2H3,(H2,25,26,27);1H. The first-order valence-corrected chi connectivity index (χ1v) is 11.1. The predicted octanol–water partition coefficient (Wildman–Crippen LogP) is 3.21. The smallest absolute Gasteiger partial charge is 0.191 e. The minimum Gasteiger partial charge on any atom is -0.486 e. The summed E-state index contributed by atoms with van der Waals surface area (Å²) in [6.45, 7) is 5.77. The van der Waals surface area contributed by atoms with E-state index in [2.05, 4.69) is 38.5 Å². The number of likely N-dealkylation sites (N-methyl/N-ethyl adjacent to an activating group) is 1. The molecular weight excluding hydrogens is 541 g/mol. The van der Waals surface area contributed by atoms with E-state index in [1.165, 1.54) is 5.69 Å². The molecule has 0 radical (unpaired) electrons. The van der Waals surface area contributed by atoms with Crippen LogP contribution in [0.5, 0.6) is 11.5 Å². The van der Waals surface area contributed by atoms with Crippen LogP contribution in [0.25, 0.3) is 0 Å². The summed E-state index contributed by atoms with van der Waals surface area (Å²) in [5.74, 6) is 2.26. The lowest BCUT2D eigenvalue weighted by molar-refractivity contribution is 0.0936. The average Bonchev–Trinajstić information content (AvgIpc) is 2.80. The lowest BCUT2D eigenvalue weighted by Crippen LogP contribution is -2.46. The minimum absolute atomic E-state index is 0. The van der Waals surface area contributed by atoms with Gasteiger partial charge in [-0.2, -0.15) is 0 Å². The number of benzene rings is 2. The molecule has 1 unspecified atom stereocenters. The van der Waals surface area contributed by atoms with E-state index in [1.807, 2.05) is 36.4 Å². The van der Waals surface area contributed by atoms with E-state index in [4.69, 9.17) is 21.1 Å². The summed E-state index contributed by atoms with van der Waals surface area (Å²) in [7, 11) is 3.92. The SMILES string of the molecule is CN=C(NCc1c(Cl)cccc1N1CCN(C)CC1)NCC1COc2ccccc2O1.I. The molecule has 1 saturated heterocycles. The Morgan fingerprint density at radius 2 is 1.81 bits per heavy atom. The van der Waals surface area contributed by atoms with Crippen LogP contribution < -0.4 is 25.0 Å². The van der Waals surface area contributed by atoms with E-state index in [1.54, 1.807) is 7.05 Å². The molecule has 2 aliphatic heterocycles. The van der Waals surface area contributed by atoms with Gasteiger partial charge in [-0.1, -0.05) is 29.8 Å². The van der Waals surface area contributed by atoms with Gasteiger partial charge in [0.25, 0.3) is 0 Å². The largest absolute Gasteiger partial charge is 0.486 e. The molecule has 2 aromatic rings. The molecule has 0 aliphatic carbocycles. The molecule has 1 atom stereocenters. The minimum atomic E-state index is -0.0883. The zero-order valence-corrected chi connectivity index (χ0v) is 21.6. The number of hydrogen-bond acceptors (Lipinski definition) is 5. The van der Waals surface area contributed by atoms with Crippen LogP contribution in [0.3, 0.4) is 0 Å². The van der Waals surface area contributed by atoms with Gasteiger partial charge in [0.2, 0.25) is 0 Å². The summed E-state index contributed by atoms with van der Waals surface area (Å²) >= 11 is 6.58. The van der Waals surface area contributed by atoms with Crippen molar-refractivity contribution in [2.45, 2.75) is 12.6 Å². The van der Waals surface area contributed by atoms with Gasteiger partial charge in [-0.15, -0.1) is 24.0 Å². The fourth-order valence-corrected chi connectivity index (χ4v) is 4.07. The molecule has 4 rings (SSSR count). The Balaban J connectivity index is 0.00000289. The van der Waals surface area contributed by atoms with Crippen LogP contribution >= 0.6 is 35.6 Å². The van der Waals surface area contributed by atoms with Crippen molar-refractivity contribution in [1.29, 1.82) is 0 Å². The van der Waals surface area contributed by atoms with Gasteiger partial charge in [-0.3, -0.25) is 4.99 Å². The lowest BCUT2D eigenvalue weighted by Gasteiger charge is -2.35. The average molecular weight is 572 g/mol. The summed E-state index contributed by atoms with van der Waals surface area (Å²) in [6, 6.07) is 13.8. The van der Waals surface area contributed by atoms with Crippen LogP contribution in [-0.2, 0) is 6.54 Å². The van der Waals surface area contributed by atoms with E-state index >= 15 is 0 Å². The Kier molecular flexibility index (Phi) is 9.12. The number of guanidine groups is 1. The summed E-state index contributed by atoms with van der Waals surface area (Å²) in [5.41, 5.74) is 2.27. The van der Waals surface area contributed by atoms with Gasteiger partial charge < -0.3 is 29.9 Å². The van der Waals surface area contributed by atoms with Crippen molar-refractivity contribution in [3.05, 3.63) is 53.1 Å². The van der Waals surface area contributed by atoms with Crippen molar-refractivity contribution in [3.63, 3.8) is 0 Å². The van der Waals surface area contributed by atoms with Gasteiger partial charge >= 0.3 is 0 Å². The molecule has 2 aromatic carbocycles. The number of piperazine rings is 1. The maximum atomic E-state index is 6.58. The molecule has 2 aliphatic rings. The molecule has 2 N–H and O–H groups in total. The molecule has 0 amide bonds. The van der Waals surface area contributed by atoms with Crippen molar-refractivity contribution in [3.8, 4) is 11.5 Å². The van der Waals surface area contributed by atoms with Crippen molar-refractivity contribution in [1.82, 2.24) is 15.5 Å². The number of ether oxygens (including phenoxy) is 2. The summed E-state index contributed by atoms with van der Waals surface area (Å²) in [4.78, 5) is 9.10. The second-order valence-electron chi connectivity index (χ2n) is 7.83. The maximum Gasteiger partial charge on any atom is 0.191 e. The number of hydrogen-bond donors (Lipinski definition) is 2. The van der Waals surface area contributed by atoms with Crippen LogP contribution in [0.2, 0.25) is 5.02 Å². The number of halogens is 2. The van der Waals surface area contributed by atoms with E-state index in [-0.39, 0.29) is 30.1 Å². The number of fused-ring (bicyclic) bond motifs is 1. The summed E-state index contributed by atoms with van der Waals surface area (Å²) in [6.07, 6.45) is -0.0883. The number of nitrogens with one attached hydrogen (secondary N) is 2. The normalized spacial score (nSPS) is 18.7. The number of anilines is 1. The van der Waals surface area contributed by atoms with Crippen LogP contribution in [-0.4, -0.2) is 70.4 Å². The number of aliphatic imine (C=N–C) groups is 1. The lowest BCUT2D eigenvalue weighted by atomic mass is 10.1. The van der Waals surface area contributed by atoms with E-state index in [9.17, 15) is 0 Å². The van der Waals surface area contributed by atoms with Gasteiger partial charge in [-0.25, -0.2) is 0 Å². The fourth-order valence-electron chi connectivity index (χ4n) is 3.83. The first kappa shape index (κ1) is 24.7. The van der Waals surface area contributed by atoms with E-state index in [0.717, 1.165) is 48.3 Å². The third-order valence-electron chi connectivity index (χ3n) is 5.66. The Labute approximate surface area is 212 Å². The Morgan fingerprint density at radius 3 is 2.56 bits per heavy atom. The van der Waals surface area contributed by atoms with Crippen molar-refractivity contribution >= 4 is 47.2 Å². The zero-order chi connectivity index (χ0) is 21.6. The molecule has 174 valence electrons. The highest BCUT2D eigenvalue weighted by Crippen LogP contribution is 2.31. The molecule has 9 heteroatoms. The van der Waals surface area contributed by atoms with Gasteiger partial charge in [0.05, 0.1) is 6.54 Å². The highest BCUT2D eigenvalue weighted by molar-refractivity contribution is 14.0. The first-order chi connectivity index (χ1) is 15.1. The van der Waals surface area contributed by atoms with Crippen LogP contribution in [0.15, 0.2) is 47.5 Å². The highest BCUT2D eigenvalue weighted by atomic mass is 127. The monoisotopic (exact) mass is 571 g/mol. The Bertz CT molecular complexity index is 921. The van der Waals surface area contributed by atoms with Crippen molar-refractivity contribution in [2.24, 2.45) is 4.99 Å².